The largest absolute Gasteiger partial charge is 0.497 e. The molecule has 1 aliphatic rings. The Bertz CT molecular complexity index is 409. The summed E-state index contributed by atoms with van der Waals surface area (Å²) in [6.07, 6.45) is 6.51. The Morgan fingerprint density at radius 2 is 2.00 bits per heavy atom. The monoisotopic (exact) mass is 296 g/mol. The van der Waals surface area contributed by atoms with Crippen molar-refractivity contribution in [1.29, 1.82) is 0 Å². The first-order valence-electron chi connectivity index (χ1n) is 6.02. The normalized spacial score (nSPS) is 18.7. The average molecular weight is 297 g/mol. The third-order valence-corrected chi connectivity index (χ3v) is 4.37. The Balaban J connectivity index is 2.45. The van der Waals surface area contributed by atoms with Crippen molar-refractivity contribution in [2.75, 3.05) is 7.11 Å². The average Bonchev–Trinajstić information content (AvgIpc) is 2.40. The summed E-state index contributed by atoms with van der Waals surface area (Å²) in [7, 11) is 1.65. The van der Waals surface area contributed by atoms with Crippen LogP contribution in [-0.2, 0) is 10.2 Å². The van der Waals surface area contributed by atoms with E-state index in [4.69, 9.17) is 4.74 Å². The van der Waals surface area contributed by atoms with Crippen molar-refractivity contribution >= 4 is 22.2 Å². The van der Waals surface area contributed by atoms with Crippen molar-refractivity contribution in [3.05, 3.63) is 28.2 Å². The van der Waals surface area contributed by atoms with Gasteiger partial charge in [-0.3, -0.25) is 0 Å². The first-order valence-corrected chi connectivity index (χ1v) is 6.81. The summed E-state index contributed by atoms with van der Waals surface area (Å²) < 4.78 is 6.26. The summed E-state index contributed by atoms with van der Waals surface area (Å²) in [6.45, 7) is 0. The summed E-state index contributed by atoms with van der Waals surface area (Å²) in [4.78, 5) is 11.6. The van der Waals surface area contributed by atoms with Gasteiger partial charge in [-0.05, 0) is 36.6 Å². The van der Waals surface area contributed by atoms with Crippen LogP contribution in [0, 0.1) is 0 Å². The molecule has 1 fully saturated rings. The lowest BCUT2D eigenvalue weighted by Gasteiger charge is -2.33. The van der Waals surface area contributed by atoms with E-state index in [2.05, 4.69) is 15.9 Å². The molecule has 0 bridgehead atoms. The maximum Gasteiger partial charge on any atom is 0.130 e. The summed E-state index contributed by atoms with van der Waals surface area (Å²) in [5.41, 5.74) is 0.762. The van der Waals surface area contributed by atoms with Crippen LogP contribution in [0.2, 0.25) is 0 Å². The predicted molar refractivity (Wildman–Crippen MR) is 71.5 cm³/mol. The second-order valence-corrected chi connectivity index (χ2v) is 5.53. The van der Waals surface area contributed by atoms with Gasteiger partial charge < -0.3 is 9.53 Å². The number of hydrogen-bond acceptors (Lipinski definition) is 2. The lowest BCUT2D eigenvalue weighted by Crippen LogP contribution is -2.31. The molecular weight excluding hydrogens is 280 g/mol. The molecule has 0 N–H and O–H groups in total. The van der Waals surface area contributed by atoms with E-state index in [1.165, 1.54) is 6.42 Å². The third-order valence-electron chi connectivity index (χ3n) is 3.68. The van der Waals surface area contributed by atoms with E-state index < -0.39 is 0 Å². The molecule has 3 heteroatoms. The highest BCUT2D eigenvalue weighted by Gasteiger charge is 2.35. The minimum atomic E-state index is -0.314. The minimum absolute atomic E-state index is 0.314. The Kier molecular flexibility index (Phi) is 3.87. The van der Waals surface area contributed by atoms with E-state index in [-0.39, 0.29) is 5.41 Å². The minimum Gasteiger partial charge on any atom is -0.497 e. The van der Waals surface area contributed by atoms with Crippen molar-refractivity contribution in [2.45, 2.75) is 37.5 Å². The smallest absolute Gasteiger partial charge is 0.130 e. The van der Waals surface area contributed by atoms with Gasteiger partial charge >= 0.3 is 0 Å². The molecule has 1 aliphatic carbocycles. The SMILES string of the molecule is COc1ccc(Br)c(C2(C=O)CCCCC2)c1. The highest BCUT2D eigenvalue weighted by Crippen LogP contribution is 2.42. The number of halogens is 1. The fourth-order valence-electron chi connectivity index (χ4n) is 2.65. The molecular formula is C14H17BrO2. The summed E-state index contributed by atoms with van der Waals surface area (Å²) >= 11 is 3.56. The zero-order valence-corrected chi connectivity index (χ0v) is 11.6. The topological polar surface area (TPSA) is 26.3 Å². The van der Waals surface area contributed by atoms with E-state index in [9.17, 15) is 4.79 Å². The molecule has 0 saturated heterocycles. The summed E-state index contributed by atoms with van der Waals surface area (Å²) in [5.74, 6) is 0.815. The fraction of sp³-hybridized carbons (Fsp3) is 0.500. The molecule has 0 radical (unpaired) electrons. The lowest BCUT2D eigenvalue weighted by atomic mass is 9.70. The van der Waals surface area contributed by atoms with Crippen LogP contribution >= 0.6 is 15.9 Å². The molecule has 17 heavy (non-hydrogen) atoms. The molecule has 1 aromatic carbocycles. The van der Waals surface area contributed by atoms with Gasteiger partial charge in [0, 0.05) is 4.47 Å². The maximum absolute atomic E-state index is 11.6. The molecule has 92 valence electrons. The van der Waals surface area contributed by atoms with Gasteiger partial charge in [0.1, 0.15) is 12.0 Å². The first kappa shape index (κ1) is 12.6. The molecule has 1 aromatic rings. The van der Waals surface area contributed by atoms with Crippen LogP contribution in [0.1, 0.15) is 37.7 Å². The molecule has 0 heterocycles. The number of benzene rings is 1. The molecule has 0 aliphatic heterocycles. The van der Waals surface area contributed by atoms with E-state index in [0.717, 1.165) is 47.8 Å². The molecule has 2 rings (SSSR count). The van der Waals surface area contributed by atoms with Crippen LogP contribution in [0.4, 0.5) is 0 Å². The van der Waals surface area contributed by atoms with Gasteiger partial charge in [0.25, 0.3) is 0 Å². The van der Waals surface area contributed by atoms with Crippen LogP contribution in [-0.4, -0.2) is 13.4 Å². The second kappa shape index (κ2) is 5.21. The van der Waals surface area contributed by atoms with Gasteiger partial charge in [0.15, 0.2) is 0 Å². The quantitative estimate of drug-likeness (QED) is 0.792. The molecule has 0 unspecified atom stereocenters. The highest BCUT2D eigenvalue weighted by molar-refractivity contribution is 9.10. The molecule has 1 saturated carbocycles. The predicted octanol–water partition coefficient (Wildman–Crippen LogP) is 3.86. The Hall–Kier alpha value is -0.830. The Morgan fingerprint density at radius 1 is 1.29 bits per heavy atom. The maximum atomic E-state index is 11.6. The van der Waals surface area contributed by atoms with Crippen molar-refractivity contribution in [3.8, 4) is 5.75 Å². The number of aldehydes is 1. The van der Waals surface area contributed by atoms with E-state index in [0.29, 0.717) is 0 Å². The van der Waals surface area contributed by atoms with E-state index in [1.54, 1.807) is 7.11 Å². The molecule has 0 aromatic heterocycles. The highest BCUT2D eigenvalue weighted by atomic mass is 79.9. The number of ether oxygens (including phenoxy) is 1. The van der Waals surface area contributed by atoms with Gasteiger partial charge in [-0.25, -0.2) is 0 Å². The van der Waals surface area contributed by atoms with E-state index >= 15 is 0 Å². The van der Waals surface area contributed by atoms with Crippen molar-refractivity contribution < 1.29 is 9.53 Å². The van der Waals surface area contributed by atoms with Gasteiger partial charge in [-0.15, -0.1) is 0 Å². The standard InChI is InChI=1S/C14H17BrO2/c1-17-11-5-6-13(15)12(9-11)14(10-16)7-3-2-4-8-14/h5-6,9-10H,2-4,7-8H2,1H3. The molecule has 0 amide bonds. The van der Waals surface area contributed by atoms with Crippen molar-refractivity contribution in [1.82, 2.24) is 0 Å². The van der Waals surface area contributed by atoms with Gasteiger partial charge in [-0.1, -0.05) is 35.2 Å². The number of methoxy groups -OCH3 is 1. The van der Waals surface area contributed by atoms with E-state index in [1.807, 2.05) is 18.2 Å². The zero-order chi connectivity index (χ0) is 12.3. The third kappa shape index (κ3) is 2.39. The van der Waals surface area contributed by atoms with Gasteiger partial charge in [0.2, 0.25) is 0 Å². The fourth-order valence-corrected chi connectivity index (χ4v) is 3.29. The Morgan fingerprint density at radius 3 is 2.59 bits per heavy atom. The molecule has 0 atom stereocenters. The summed E-state index contributed by atoms with van der Waals surface area (Å²) in [5, 5.41) is 0. The number of carbonyl (C=O) groups is 1. The molecule has 2 nitrogen and oxygen atoms in total. The van der Waals surface area contributed by atoms with Crippen LogP contribution < -0.4 is 4.74 Å². The van der Waals surface area contributed by atoms with Crippen LogP contribution in [0.15, 0.2) is 22.7 Å². The first-order chi connectivity index (χ1) is 8.22. The zero-order valence-electron chi connectivity index (χ0n) is 10.0. The van der Waals surface area contributed by atoms with Gasteiger partial charge in [-0.2, -0.15) is 0 Å². The molecule has 0 spiro atoms. The number of carbonyl (C=O) groups excluding carboxylic acids is 1. The number of rotatable bonds is 3. The summed E-state index contributed by atoms with van der Waals surface area (Å²) in [6, 6.07) is 5.87. The van der Waals surface area contributed by atoms with Crippen LogP contribution in [0.25, 0.3) is 0 Å². The van der Waals surface area contributed by atoms with Gasteiger partial charge in [0.05, 0.1) is 12.5 Å². The van der Waals surface area contributed by atoms with Crippen molar-refractivity contribution in [2.24, 2.45) is 0 Å². The van der Waals surface area contributed by atoms with Crippen LogP contribution in [0.3, 0.4) is 0 Å². The number of hydrogen-bond donors (Lipinski definition) is 0. The van der Waals surface area contributed by atoms with Crippen LogP contribution in [0.5, 0.6) is 5.75 Å². The second-order valence-electron chi connectivity index (χ2n) is 4.68. The lowest BCUT2D eigenvalue weighted by molar-refractivity contribution is -0.113. The van der Waals surface area contributed by atoms with Crippen molar-refractivity contribution in [3.63, 3.8) is 0 Å². The Labute approximate surface area is 110 Å².